The Labute approximate surface area is 94.0 Å². The molecule has 0 spiro atoms. The smallest absolute Gasteiger partial charge is 0.194 e. The number of fused-ring (bicyclic) bond motifs is 1. The molecule has 0 heterocycles. The Kier molecular flexibility index (Phi) is 1.97. The van der Waals surface area contributed by atoms with Crippen LogP contribution in [0.4, 0.5) is 0 Å². The summed E-state index contributed by atoms with van der Waals surface area (Å²) in [6.07, 6.45) is 1.95. The molecule has 1 aliphatic carbocycles. The lowest BCUT2D eigenvalue weighted by atomic mass is 9.81. The fourth-order valence-electron chi connectivity index (χ4n) is 1.98. The molecule has 0 aliphatic heterocycles. The molecule has 3 rings (SSSR count). The van der Waals surface area contributed by atoms with Gasteiger partial charge in [-0.3, -0.25) is 4.79 Å². The van der Waals surface area contributed by atoms with Gasteiger partial charge in [-0.05, 0) is 17.2 Å². The van der Waals surface area contributed by atoms with Crippen LogP contribution in [0.2, 0.25) is 0 Å². The number of carbonyl (C=O) groups excluding carboxylic acids is 1. The second kappa shape index (κ2) is 3.46. The predicted octanol–water partition coefficient (Wildman–Crippen LogP) is 3.42. The molecule has 0 unspecified atom stereocenters. The van der Waals surface area contributed by atoms with Crippen molar-refractivity contribution < 1.29 is 4.79 Å². The fraction of sp³-hybridized carbons (Fsp3) is 0. The largest absolute Gasteiger partial charge is 0.289 e. The molecule has 76 valence electrons. The lowest BCUT2D eigenvalue weighted by Crippen LogP contribution is -2.16. The molecular formula is C15H10O. The predicted molar refractivity (Wildman–Crippen MR) is 65.1 cm³/mol. The second-order valence-electron chi connectivity index (χ2n) is 3.84. The average Bonchev–Trinajstić information content (AvgIpc) is 2.37. The van der Waals surface area contributed by atoms with E-state index in [1.165, 1.54) is 0 Å². The van der Waals surface area contributed by atoms with Gasteiger partial charge in [-0.15, -0.1) is 0 Å². The van der Waals surface area contributed by atoms with Gasteiger partial charge >= 0.3 is 0 Å². The van der Waals surface area contributed by atoms with Crippen LogP contribution in [0, 0.1) is 0 Å². The highest BCUT2D eigenvalue weighted by Gasteiger charge is 2.28. The first-order valence-corrected chi connectivity index (χ1v) is 5.27. The van der Waals surface area contributed by atoms with E-state index in [0.717, 1.165) is 22.3 Å². The van der Waals surface area contributed by atoms with Crippen LogP contribution >= 0.6 is 0 Å². The molecule has 0 bridgehead atoms. The molecule has 0 amide bonds. The molecule has 1 heteroatoms. The molecule has 0 radical (unpaired) electrons. The third-order valence-electron chi connectivity index (χ3n) is 2.82. The Morgan fingerprint density at radius 1 is 0.750 bits per heavy atom. The molecular weight excluding hydrogens is 196 g/mol. The molecule has 0 N–H and O–H groups in total. The minimum Gasteiger partial charge on any atom is -0.289 e. The number of allylic oxidation sites excluding steroid dienone is 1. The van der Waals surface area contributed by atoms with Gasteiger partial charge < -0.3 is 0 Å². The lowest BCUT2D eigenvalue weighted by molar-refractivity contribution is 0.104. The molecule has 2 aromatic carbocycles. The van der Waals surface area contributed by atoms with Crippen LogP contribution in [0.25, 0.3) is 11.6 Å². The van der Waals surface area contributed by atoms with Crippen molar-refractivity contribution in [1.29, 1.82) is 0 Å². The van der Waals surface area contributed by atoms with E-state index in [1.807, 2.05) is 60.7 Å². The van der Waals surface area contributed by atoms with Crippen molar-refractivity contribution >= 4 is 17.4 Å². The molecule has 0 aromatic heterocycles. The second-order valence-corrected chi connectivity index (χ2v) is 3.84. The van der Waals surface area contributed by atoms with Crippen LogP contribution < -0.4 is 0 Å². The zero-order chi connectivity index (χ0) is 11.0. The molecule has 0 fully saturated rings. The summed E-state index contributed by atoms with van der Waals surface area (Å²) >= 11 is 0. The van der Waals surface area contributed by atoms with Crippen molar-refractivity contribution in [3.63, 3.8) is 0 Å². The van der Waals surface area contributed by atoms with Crippen molar-refractivity contribution in [2.75, 3.05) is 0 Å². The van der Waals surface area contributed by atoms with Crippen LogP contribution in [0.3, 0.4) is 0 Å². The van der Waals surface area contributed by atoms with E-state index >= 15 is 0 Å². The zero-order valence-corrected chi connectivity index (χ0v) is 8.68. The van der Waals surface area contributed by atoms with Crippen LogP contribution in [0.15, 0.2) is 54.6 Å². The van der Waals surface area contributed by atoms with E-state index in [2.05, 4.69) is 0 Å². The van der Waals surface area contributed by atoms with Gasteiger partial charge in [0.05, 0.1) is 0 Å². The van der Waals surface area contributed by atoms with Crippen molar-refractivity contribution in [3.05, 3.63) is 71.3 Å². The van der Waals surface area contributed by atoms with Gasteiger partial charge in [0.2, 0.25) is 0 Å². The van der Waals surface area contributed by atoms with Gasteiger partial charge in [-0.1, -0.05) is 54.6 Å². The van der Waals surface area contributed by atoms with Gasteiger partial charge in [-0.2, -0.15) is 0 Å². The summed E-state index contributed by atoms with van der Waals surface area (Å²) in [6.45, 7) is 0. The number of Topliss-reactive ketones (excluding diaryl/α,β-unsaturated/α-hetero) is 1. The maximum atomic E-state index is 11.8. The van der Waals surface area contributed by atoms with Crippen molar-refractivity contribution in [3.8, 4) is 0 Å². The van der Waals surface area contributed by atoms with Gasteiger partial charge in [0, 0.05) is 11.1 Å². The summed E-state index contributed by atoms with van der Waals surface area (Å²) in [6, 6.07) is 17.6. The minimum atomic E-state index is 0.152. The summed E-state index contributed by atoms with van der Waals surface area (Å²) in [5.41, 5.74) is 3.79. The highest BCUT2D eigenvalue weighted by molar-refractivity contribution is 6.42. The standard InChI is InChI=1S/C15H10O/c16-15-13-9-5-4-8-12(13)14(15)10-11-6-2-1-3-7-11/h1-10H/b14-10-. The molecule has 16 heavy (non-hydrogen) atoms. The minimum absolute atomic E-state index is 0.152. The van der Waals surface area contributed by atoms with Crippen LogP contribution in [-0.4, -0.2) is 5.78 Å². The van der Waals surface area contributed by atoms with Gasteiger partial charge in [0.25, 0.3) is 0 Å². The Bertz CT molecular complexity index is 579. The number of carbonyl (C=O) groups is 1. The van der Waals surface area contributed by atoms with E-state index in [4.69, 9.17) is 0 Å². The van der Waals surface area contributed by atoms with Crippen molar-refractivity contribution in [1.82, 2.24) is 0 Å². The lowest BCUT2D eigenvalue weighted by Gasteiger charge is -2.20. The number of benzene rings is 2. The Morgan fingerprint density at radius 2 is 1.38 bits per heavy atom. The van der Waals surface area contributed by atoms with Gasteiger partial charge in [0.15, 0.2) is 5.78 Å². The SMILES string of the molecule is O=C1/C(=C\c2ccccc2)c2ccccc21. The number of ketones is 1. The average molecular weight is 206 g/mol. The number of rotatable bonds is 1. The normalized spacial score (nSPS) is 15.8. The number of hydrogen-bond donors (Lipinski definition) is 0. The van der Waals surface area contributed by atoms with Crippen LogP contribution in [0.5, 0.6) is 0 Å². The third kappa shape index (κ3) is 1.29. The first kappa shape index (κ1) is 9.10. The summed E-state index contributed by atoms with van der Waals surface area (Å²) in [4.78, 5) is 11.8. The van der Waals surface area contributed by atoms with Gasteiger partial charge in [0.1, 0.15) is 0 Å². The Hall–Kier alpha value is -2.15. The van der Waals surface area contributed by atoms with E-state index in [-0.39, 0.29) is 5.78 Å². The highest BCUT2D eigenvalue weighted by atomic mass is 16.1. The molecule has 2 aromatic rings. The molecule has 0 atom stereocenters. The zero-order valence-electron chi connectivity index (χ0n) is 8.68. The molecule has 0 saturated carbocycles. The van der Waals surface area contributed by atoms with Crippen molar-refractivity contribution in [2.45, 2.75) is 0 Å². The van der Waals surface area contributed by atoms with Crippen LogP contribution in [0.1, 0.15) is 21.5 Å². The summed E-state index contributed by atoms with van der Waals surface area (Å²) < 4.78 is 0. The summed E-state index contributed by atoms with van der Waals surface area (Å²) in [5, 5.41) is 0. The van der Waals surface area contributed by atoms with E-state index < -0.39 is 0 Å². The topological polar surface area (TPSA) is 17.1 Å². The maximum absolute atomic E-state index is 11.8. The summed E-state index contributed by atoms with van der Waals surface area (Å²) in [5.74, 6) is 0.152. The van der Waals surface area contributed by atoms with E-state index in [0.29, 0.717) is 0 Å². The summed E-state index contributed by atoms with van der Waals surface area (Å²) in [7, 11) is 0. The third-order valence-corrected chi connectivity index (χ3v) is 2.82. The first-order chi connectivity index (χ1) is 7.86. The Morgan fingerprint density at radius 3 is 2.12 bits per heavy atom. The van der Waals surface area contributed by atoms with E-state index in [1.54, 1.807) is 0 Å². The highest BCUT2D eigenvalue weighted by Crippen LogP contribution is 2.35. The maximum Gasteiger partial charge on any atom is 0.194 e. The Balaban J connectivity index is 2.07. The first-order valence-electron chi connectivity index (χ1n) is 5.27. The fourth-order valence-corrected chi connectivity index (χ4v) is 1.98. The van der Waals surface area contributed by atoms with Crippen LogP contribution in [-0.2, 0) is 0 Å². The number of hydrogen-bond acceptors (Lipinski definition) is 1. The molecule has 0 saturated heterocycles. The molecule has 1 aliphatic rings. The quantitative estimate of drug-likeness (QED) is 0.653. The van der Waals surface area contributed by atoms with E-state index in [9.17, 15) is 4.79 Å². The monoisotopic (exact) mass is 206 g/mol. The van der Waals surface area contributed by atoms with Crippen molar-refractivity contribution in [2.24, 2.45) is 0 Å². The van der Waals surface area contributed by atoms with Gasteiger partial charge in [-0.25, -0.2) is 0 Å². The molecule has 1 nitrogen and oxygen atoms in total.